The molecule has 0 saturated carbocycles. The van der Waals surface area contributed by atoms with Crippen LogP contribution in [0, 0.1) is 0 Å². The van der Waals surface area contributed by atoms with E-state index in [4.69, 9.17) is 0 Å². The molecule has 1 aliphatic rings. The maximum Gasteiger partial charge on any atom is 0.00436 e. The van der Waals surface area contributed by atoms with Crippen LogP contribution in [0.3, 0.4) is 0 Å². The Morgan fingerprint density at radius 2 is 2.43 bits per heavy atom. The monoisotopic (exact) mass is 132 g/mol. The molecule has 1 rings (SSSR count). The summed E-state index contributed by atoms with van der Waals surface area (Å²) in [6, 6.07) is 0. The quantitative estimate of drug-likeness (QED) is 0.465. The minimum Gasteiger partial charge on any atom is -0.0893 e. The summed E-state index contributed by atoms with van der Waals surface area (Å²) < 4.78 is 0. The maximum absolute atomic E-state index is 3.86. The SMILES string of the molecule is C=C1CCCSS1. The smallest absolute Gasteiger partial charge is 0.00436 e. The minimum atomic E-state index is 1.23. The van der Waals surface area contributed by atoms with Crippen LogP contribution in [-0.4, -0.2) is 5.75 Å². The molecule has 0 aromatic heterocycles. The Hall–Kier alpha value is 0.440. The predicted molar refractivity (Wildman–Crippen MR) is 38.4 cm³/mol. The fourth-order valence-electron chi connectivity index (χ4n) is 0.495. The van der Waals surface area contributed by atoms with Crippen molar-refractivity contribution >= 4 is 21.6 Å². The first-order chi connectivity index (χ1) is 3.39. The molecule has 2 heteroatoms. The van der Waals surface area contributed by atoms with Crippen molar-refractivity contribution in [2.75, 3.05) is 5.75 Å². The number of allylic oxidation sites excluding steroid dienone is 1. The van der Waals surface area contributed by atoms with Gasteiger partial charge in [0, 0.05) is 5.75 Å². The van der Waals surface area contributed by atoms with Crippen molar-refractivity contribution in [1.82, 2.24) is 0 Å². The molecular formula is C5H8S2. The summed E-state index contributed by atoms with van der Waals surface area (Å²) in [7, 11) is 3.76. The van der Waals surface area contributed by atoms with Crippen LogP contribution >= 0.6 is 21.6 Å². The average molecular weight is 132 g/mol. The Balaban J connectivity index is 2.25. The highest BCUT2D eigenvalue weighted by Gasteiger charge is 2.01. The first-order valence-corrected chi connectivity index (χ1v) is 4.69. The minimum absolute atomic E-state index is 1.23. The van der Waals surface area contributed by atoms with Crippen molar-refractivity contribution in [2.24, 2.45) is 0 Å². The van der Waals surface area contributed by atoms with Crippen molar-refractivity contribution in [2.45, 2.75) is 12.8 Å². The highest BCUT2D eigenvalue weighted by atomic mass is 33.1. The molecule has 1 fully saturated rings. The van der Waals surface area contributed by atoms with E-state index in [-0.39, 0.29) is 0 Å². The highest BCUT2D eigenvalue weighted by molar-refractivity contribution is 8.78. The Morgan fingerprint density at radius 1 is 1.57 bits per heavy atom. The lowest BCUT2D eigenvalue weighted by molar-refractivity contribution is 0.962. The van der Waals surface area contributed by atoms with Crippen molar-refractivity contribution < 1.29 is 0 Å². The van der Waals surface area contributed by atoms with E-state index < -0.39 is 0 Å². The van der Waals surface area contributed by atoms with Crippen LogP contribution in [0.4, 0.5) is 0 Å². The van der Waals surface area contributed by atoms with E-state index in [0.29, 0.717) is 0 Å². The Morgan fingerprint density at radius 3 is 2.71 bits per heavy atom. The van der Waals surface area contributed by atoms with Crippen LogP contribution < -0.4 is 0 Å². The topological polar surface area (TPSA) is 0 Å². The molecule has 0 bridgehead atoms. The third-order valence-corrected chi connectivity index (χ3v) is 3.43. The van der Waals surface area contributed by atoms with Gasteiger partial charge in [0.05, 0.1) is 0 Å². The molecule has 0 spiro atoms. The second-order valence-electron chi connectivity index (χ2n) is 1.55. The molecule has 0 radical (unpaired) electrons. The molecule has 7 heavy (non-hydrogen) atoms. The third kappa shape index (κ3) is 1.78. The first-order valence-electron chi connectivity index (χ1n) is 2.37. The summed E-state index contributed by atoms with van der Waals surface area (Å²) in [6.45, 7) is 3.86. The van der Waals surface area contributed by atoms with Gasteiger partial charge in [-0.25, -0.2) is 0 Å². The van der Waals surface area contributed by atoms with Crippen molar-refractivity contribution in [3.63, 3.8) is 0 Å². The largest absolute Gasteiger partial charge is 0.0893 e. The second kappa shape index (κ2) is 2.68. The van der Waals surface area contributed by atoms with Gasteiger partial charge in [-0.3, -0.25) is 0 Å². The lowest BCUT2D eigenvalue weighted by Gasteiger charge is -2.08. The van der Waals surface area contributed by atoms with Gasteiger partial charge in [0.1, 0.15) is 0 Å². The number of rotatable bonds is 0. The summed E-state index contributed by atoms with van der Waals surface area (Å²) >= 11 is 0. The molecule has 0 nitrogen and oxygen atoms in total. The maximum atomic E-state index is 3.86. The lowest BCUT2D eigenvalue weighted by atomic mass is 10.3. The fourth-order valence-corrected chi connectivity index (χ4v) is 2.59. The van der Waals surface area contributed by atoms with E-state index in [1.54, 1.807) is 0 Å². The van der Waals surface area contributed by atoms with Gasteiger partial charge in [-0.15, -0.1) is 0 Å². The van der Waals surface area contributed by atoms with Gasteiger partial charge in [-0.1, -0.05) is 28.2 Å². The molecule has 0 aromatic carbocycles. The lowest BCUT2D eigenvalue weighted by Crippen LogP contribution is -1.84. The molecule has 1 saturated heterocycles. The summed E-state index contributed by atoms with van der Waals surface area (Å²) in [5, 5.41) is 0. The molecular weight excluding hydrogens is 124 g/mol. The van der Waals surface area contributed by atoms with E-state index in [0.717, 1.165) is 0 Å². The van der Waals surface area contributed by atoms with E-state index in [1.807, 2.05) is 21.6 Å². The first kappa shape index (κ1) is 5.57. The van der Waals surface area contributed by atoms with Gasteiger partial charge in [0.15, 0.2) is 0 Å². The Kier molecular flexibility index (Phi) is 2.13. The number of hydrogen-bond donors (Lipinski definition) is 0. The second-order valence-corrected chi connectivity index (χ2v) is 4.14. The van der Waals surface area contributed by atoms with E-state index >= 15 is 0 Å². The zero-order valence-corrected chi connectivity index (χ0v) is 5.78. The normalized spacial score (nSPS) is 22.6. The van der Waals surface area contributed by atoms with Crippen LogP contribution in [0.15, 0.2) is 11.5 Å². The highest BCUT2D eigenvalue weighted by Crippen LogP contribution is 2.37. The fraction of sp³-hybridized carbons (Fsp3) is 0.600. The van der Waals surface area contributed by atoms with Crippen LogP contribution in [-0.2, 0) is 0 Å². The molecule has 0 unspecified atom stereocenters. The molecule has 1 heterocycles. The molecule has 0 aliphatic carbocycles. The van der Waals surface area contributed by atoms with E-state index in [9.17, 15) is 0 Å². The zero-order chi connectivity index (χ0) is 5.11. The van der Waals surface area contributed by atoms with Crippen LogP contribution in [0.5, 0.6) is 0 Å². The zero-order valence-electron chi connectivity index (χ0n) is 4.14. The Bertz CT molecular complexity index is 70.1. The molecule has 1 aliphatic heterocycles. The van der Waals surface area contributed by atoms with Crippen LogP contribution in [0.1, 0.15) is 12.8 Å². The van der Waals surface area contributed by atoms with Crippen molar-refractivity contribution in [3.8, 4) is 0 Å². The van der Waals surface area contributed by atoms with Gasteiger partial charge in [-0.05, 0) is 17.7 Å². The van der Waals surface area contributed by atoms with Crippen LogP contribution in [0.25, 0.3) is 0 Å². The predicted octanol–water partition coefficient (Wildman–Crippen LogP) is 2.68. The molecule has 40 valence electrons. The molecule has 0 amide bonds. The Labute approximate surface area is 52.1 Å². The summed E-state index contributed by atoms with van der Waals surface area (Å²) in [5.41, 5.74) is 0. The standard InChI is InChI=1S/C5H8S2/c1-5-3-2-4-6-7-5/h1-4H2. The van der Waals surface area contributed by atoms with Crippen molar-refractivity contribution in [3.05, 3.63) is 11.5 Å². The van der Waals surface area contributed by atoms with Gasteiger partial charge in [0.25, 0.3) is 0 Å². The van der Waals surface area contributed by atoms with E-state index in [1.165, 1.54) is 23.5 Å². The number of hydrogen-bond acceptors (Lipinski definition) is 2. The summed E-state index contributed by atoms with van der Waals surface area (Å²) in [5.74, 6) is 1.31. The van der Waals surface area contributed by atoms with Gasteiger partial charge < -0.3 is 0 Å². The average Bonchev–Trinajstić information content (AvgIpc) is 1.69. The van der Waals surface area contributed by atoms with Crippen LogP contribution in [0.2, 0.25) is 0 Å². The van der Waals surface area contributed by atoms with E-state index in [2.05, 4.69) is 6.58 Å². The molecule has 0 N–H and O–H groups in total. The van der Waals surface area contributed by atoms with Gasteiger partial charge in [-0.2, -0.15) is 0 Å². The molecule has 0 atom stereocenters. The summed E-state index contributed by atoms with van der Waals surface area (Å²) in [4.78, 5) is 1.34. The molecule has 0 aromatic rings. The van der Waals surface area contributed by atoms with Gasteiger partial charge in [0.2, 0.25) is 0 Å². The third-order valence-electron chi connectivity index (χ3n) is 0.860. The van der Waals surface area contributed by atoms with Gasteiger partial charge >= 0.3 is 0 Å². The van der Waals surface area contributed by atoms with Crippen molar-refractivity contribution in [1.29, 1.82) is 0 Å². The summed E-state index contributed by atoms with van der Waals surface area (Å²) in [6.07, 6.45) is 2.56.